The van der Waals surface area contributed by atoms with Crippen LogP contribution in [0.3, 0.4) is 0 Å². The van der Waals surface area contributed by atoms with Gasteiger partial charge in [0.1, 0.15) is 0 Å². The number of aromatic nitrogens is 2. The topological polar surface area (TPSA) is 101 Å². The van der Waals surface area contributed by atoms with Gasteiger partial charge in [-0.15, -0.1) is 10.2 Å². The first-order valence-electron chi connectivity index (χ1n) is 5.62. The lowest BCUT2D eigenvalue weighted by Gasteiger charge is -2.02. The number of halogens is 1. The Morgan fingerprint density at radius 2 is 2.05 bits per heavy atom. The minimum Gasteiger partial charge on any atom is -0.301 e. The summed E-state index contributed by atoms with van der Waals surface area (Å²) in [6.07, 6.45) is 2.72. The smallest absolute Gasteiger partial charge is 0.269 e. The Morgan fingerprint density at radius 1 is 1.32 bits per heavy atom. The Kier molecular flexibility index (Phi) is 6.83. The minimum absolute atomic E-state index is 0.142. The zero-order valence-corrected chi connectivity index (χ0v) is 13.6. The predicted molar refractivity (Wildman–Crippen MR) is 77.0 cm³/mol. The molecule has 1 aromatic heterocycles. The highest BCUT2D eigenvalue weighted by atomic mass is 79.9. The number of alkyl halides is 1. The van der Waals surface area contributed by atoms with Gasteiger partial charge in [0.25, 0.3) is 10.0 Å². The molecule has 1 heterocycles. The van der Waals surface area contributed by atoms with Crippen molar-refractivity contribution < 1.29 is 13.2 Å². The number of unbranched alkanes of at least 4 members (excludes halogenated alkanes) is 2. The van der Waals surface area contributed by atoms with Crippen LogP contribution in [0.1, 0.15) is 26.2 Å². The molecule has 0 aromatic carbocycles. The van der Waals surface area contributed by atoms with Crippen LogP contribution < -0.4 is 10.0 Å². The molecule has 10 heteroatoms. The van der Waals surface area contributed by atoms with E-state index >= 15 is 0 Å². The van der Waals surface area contributed by atoms with Crippen LogP contribution in [0.15, 0.2) is 4.34 Å². The molecule has 2 N–H and O–H groups in total. The van der Waals surface area contributed by atoms with Gasteiger partial charge in [0.2, 0.25) is 15.4 Å². The summed E-state index contributed by atoms with van der Waals surface area (Å²) in [6, 6.07) is 0. The molecular weight excluding hydrogens is 356 g/mol. The van der Waals surface area contributed by atoms with Crippen LogP contribution >= 0.6 is 27.3 Å². The van der Waals surface area contributed by atoms with Gasteiger partial charge in [-0.25, -0.2) is 13.1 Å². The molecule has 0 fully saturated rings. The largest absolute Gasteiger partial charge is 0.301 e. The lowest BCUT2D eigenvalue weighted by Crippen LogP contribution is -2.24. The zero-order valence-electron chi connectivity index (χ0n) is 10.3. The van der Waals surface area contributed by atoms with Crippen LogP contribution in [0, 0.1) is 0 Å². The molecule has 0 atom stereocenters. The average molecular weight is 371 g/mol. The average Bonchev–Trinajstić information content (AvgIpc) is 2.77. The maximum absolute atomic E-state index is 11.8. The Labute approximate surface area is 124 Å². The third kappa shape index (κ3) is 5.93. The van der Waals surface area contributed by atoms with Crippen LogP contribution in [0.25, 0.3) is 0 Å². The standard InChI is InChI=1S/C9H15BrN4O3S2/c1-7(15)12-8-13-14-9(18-8)19(16,17)11-6-4-2-3-5-10/h11H,2-6H2,1H3,(H,12,13,15). The molecule has 7 nitrogen and oxygen atoms in total. The fourth-order valence-corrected chi connectivity index (χ4v) is 3.64. The molecule has 0 aliphatic carbocycles. The van der Waals surface area contributed by atoms with Crippen molar-refractivity contribution in [3.63, 3.8) is 0 Å². The molecule has 0 unspecified atom stereocenters. The van der Waals surface area contributed by atoms with E-state index in [4.69, 9.17) is 0 Å². The van der Waals surface area contributed by atoms with Gasteiger partial charge in [0.15, 0.2) is 0 Å². The van der Waals surface area contributed by atoms with Crippen molar-refractivity contribution >= 4 is 48.3 Å². The normalized spacial score (nSPS) is 11.5. The summed E-state index contributed by atoms with van der Waals surface area (Å²) >= 11 is 4.13. The Balaban J connectivity index is 2.52. The number of hydrogen-bond donors (Lipinski definition) is 2. The molecule has 0 saturated carbocycles. The second-order valence-electron chi connectivity index (χ2n) is 3.70. The summed E-state index contributed by atoms with van der Waals surface area (Å²) in [5.74, 6) is -0.317. The van der Waals surface area contributed by atoms with Crippen LogP contribution in [0.4, 0.5) is 5.13 Å². The minimum atomic E-state index is -3.63. The van der Waals surface area contributed by atoms with Crippen LogP contribution in [0.5, 0.6) is 0 Å². The van der Waals surface area contributed by atoms with E-state index in [-0.39, 0.29) is 15.4 Å². The third-order valence-electron chi connectivity index (χ3n) is 2.02. The van der Waals surface area contributed by atoms with E-state index in [1.165, 1.54) is 6.92 Å². The summed E-state index contributed by atoms with van der Waals surface area (Å²) in [4.78, 5) is 10.8. The lowest BCUT2D eigenvalue weighted by molar-refractivity contribution is -0.114. The number of nitrogens with one attached hydrogen (secondary N) is 2. The predicted octanol–water partition coefficient (Wildman–Crippen LogP) is 1.34. The molecule has 0 spiro atoms. The molecule has 108 valence electrons. The van der Waals surface area contributed by atoms with Crippen molar-refractivity contribution in [3.8, 4) is 0 Å². The van der Waals surface area contributed by atoms with E-state index in [1.54, 1.807) is 0 Å². The van der Waals surface area contributed by atoms with Gasteiger partial charge >= 0.3 is 0 Å². The summed E-state index contributed by atoms with van der Waals surface area (Å²) in [5.41, 5.74) is 0. The van der Waals surface area contributed by atoms with Crippen LogP contribution in [-0.4, -0.2) is 36.4 Å². The summed E-state index contributed by atoms with van der Waals surface area (Å²) in [5, 5.41) is 10.6. The monoisotopic (exact) mass is 370 g/mol. The molecule has 0 aliphatic rings. The van der Waals surface area contributed by atoms with Crippen LogP contribution in [-0.2, 0) is 14.8 Å². The molecular formula is C9H15BrN4O3S2. The quantitative estimate of drug-likeness (QED) is 0.408. The van der Waals surface area contributed by atoms with Gasteiger partial charge < -0.3 is 5.32 Å². The number of sulfonamides is 1. The van der Waals surface area contributed by atoms with E-state index < -0.39 is 10.0 Å². The van der Waals surface area contributed by atoms with E-state index in [0.29, 0.717) is 6.54 Å². The number of carbonyl (C=O) groups is 1. The second kappa shape index (κ2) is 7.88. The Bertz CT molecular complexity index is 517. The number of anilines is 1. The Hall–Kier alpha value is -0.580. The highest BCUT2D eigenvalue weighted by Crippen LogP contribution is 2.19. The number of nitrogens with zero attached hydrogens (tertiary/aromatic N) is 2. The highest BCUT2D eigenvalue weighted by Gasteiger charge is 2.19. The number of carbonyl (C=O) groups excluding carboxylic acids is 1. The van der Waals surface area contributed by atoms with Crippen molar-refractivity contribution in [2.75, 3.05) is 17.2 Å². The summed E-state index contributed by atoms with van der Waals surface area (Å²) in [6.45, 7) is 1.68. The van der Waals surface area contributed by atoms with Crippen molar-refractivity contribution in [1.29, 1.82) is 0 Å². The van der Waals surface area contributed by atoms with Gasteiger partial charge in [-0.1, -0.05) is 33.7 Å². The third-order valence-corrected chi connectivity index (χ3v) is 5.25. The van der Waals surface area contributed by atoms with Crippen molar-refractivity contribution in [3.05, 3.63) is 0 Å². The lowest BCUT2D eigenvalue weighted by atomic mass is 10.3. The van der Waals surface area contributed by atoms with Crippen molar-refractivity contribution in [2.24, 2.45) is 0 Å². The fourth-order valence-electron chi connectivity index (χ4n) is 1.18. The van der Waals surface area contributed by atoms with Gasteiger partial charge in [0, 0.05) is 18.8 Å². The van der Waals surface area contributed by atoms with Crippen molar-refractivity contribution in [2.45, 2.75) is 30.5 Å². The fraction of sp³-hybridized carbons (Fsp3) is 0.667. The molecule has 19 heavy (non-hydrogen) atoms. The van der Waals surface area contributed by atoms with Gasteiger partial charge in [-0.05, 0) is 12.8 Å². The van der Waals surface area contributed by atoms with Crippen molar-refractivity contribution in [1.82, 2.24) is 14.9 Å². The van der Waals surface area contributed by atoms with Crippen LogP contribution in [0.2, 0.25) is 0 Å². The zero-order chi connectivity index (χ0) is 14.3. The van der Waals surface area contributed by atoms with E-state index in [1.807, 2.05) is 0 Å². The number of rotatable bonds is 8. The first kappa shape index (κ1) is 16.5. The highest BCUT2D eigenvalue weighted by molar-refractivity contribution is 9.09. The maximum Gasteiger partial charge on any atom is 0.269 e. The molecule has 0 radical (unpaired) electrons. The Morgan fingerprint density at radius 3 is 2.68 bits per heavy atom. The summed E-state index contributed by atoms with van der Waals surface area (Å²) < 4.78 is 26.0. The maximum atomic E-state index is 11.8. The van der Waals surface area contributed by atoms with E-state index in [2.05, 4.69) is 36.2 Å². The van der Waals surface area contributed by atoms with Gasteiger partial charge in [0.05, 0.1) is 0 Å². The molecule has 1 amide bonds. The SMILES string of the molecule is CC(=O)Nc1nnc(S(=O)(=O)NCCCCCBr)s1. The molecule has 0 saturated heterocycles. The second-order valence-corrected chi connectivity index (χ2v) is 7.41. The van der Waals surface area contributed by atoms with Gasteiger partial charge in [-0.3, -0.25) is 4.79 Å². The molecule has 0 aliphatic heterocycles. The molecule has 1 aromatic rings. The summed E-state index contributed by atoms with van der Waals surface area (Å²) in [7, 11) is -3.63. The van der Waals surface area contributed by atoms with Gasteiger partial charge in [-0.2, -0.15) is 0 Å². The number of amides is 1. The van der Waals surface area contributed by atoms with E-state index in [0.717, 1.165) is 35.9 Å². The first-order chi connectivity index (χ1) is 8.95. The van der Waals surface area contributed by atoms with E-state index in [9.17, 15) is 13.2 Å². The molecule has 0 bridgehead atoms. The number of hydrogen-bond acceptors (Lipinski definition) is 6. The first-order valence-corrected chi connectivity index (χ1v) is 9.04. The molecule has 1 rings (SSSR count).